The van der Waals surface area contributed by atoms with Crippen molar-refractivity contribution in [3.05, 3.63) is 158 Å². The Labute approximate surface area is 291 Å². The molecule has 0 aliphatic rings. The number of hydrogen-bond acceptors (Lipinski definition) is 6. The maximum atomic E-state index is 6.28. The zero-order valence-corrected chi connectivity index (χ0v) is 27.4. The summed E-state index contributed by atoms with van der Waals surface area (Å²) < 4.78 is 8.66. The van der Waals surface area contributed by atoms with Gasteiger partial charge in [0.2, 0.25) is 5.89 Å². The molecule has 0 saturated carbocycles. The van der Waals surface area contributed by atoms with Gasteiger partial charge in [0.25, 0.3) is 0 Å². The number of nitrogens with zero attached hydrogens (tertiary/aromatic N) is 4. The van der Waals surface area contributed by atoms with Crippen molar-refractivity contribution in [3.8, 4) is 56.7 Å². The van der Waals surface area contributed by atoms with E-state index in [1.165, 1.54) is 20.2 Å². The average molecular weight is 659 g/mol. The summed E-state index contributed by atoms with van der Waals surface area (Å²) >= 11 is 1.79. The Kier molecular flexibility index (Phi) is 6.60. The van der Waals surface area contributed by atoms with Crippen LogP contribution in [0.5, 0.6) is 0 Å². The molecule has 0 atom stereocenters. The van der Waals surface area contributed by atoms with Gasteiger partial charge in [0, 0.05) is 48.0 Å². The fourth-order valence-corrected chi connectivity index (χ4v) is 7.98. The van der Waals surface area contributed by atoms with Crippen LogP contribution in [0.4, 0.5) is 0 Å². The highest BCUT2D eigenvalue weighted by Gasteiger charge is 2.18. The third kappa shape index (κ3) is 4.85. The van der Waals surface area contributed by atoms with Crippen LogP contribution in [-0.4, -0.2) is 19.9 Å². The fraction of sp³-hybridized carbons (Fsp3) is 0. The van der Waals surface area contributed by atoms with Gasteiger partial charge in [0.05, 0.1) is 0 Å². The van der Waals surface area contributed by atoms with Crippen LogP contribution in [0.1, 0.15) is 0 Å². The second kappa shape index (κ2) is 11.6. The molecule has 6 heteroatoms. The topological polar surface area (TPSA) is 64.7 Å². The minimum atomic E-state index is 0.633. The molecule has 0 radical (unpaired) electrons. The summed E-state index contributed by atoms with van der Waals surface area (Å²) in [4.78, 5) is 19.9. The molecule has 0 spiro atoms. The summed E-state index contributed by atoms with van der Waals surface area (Å²) in [5, 5.41) is 4.64. The first-order valence-corrected chi connectivity index (χ1v) is 17.3. The van der Waals surface area contributed by atoms with E-state index in [1.807, 2.05) is 91.0 Å². The monoisotopic (exact) mass is 658 g/mol. The second-order valence-corrected chi connectivity index (χ2v) is 13.3. The molecule has 0 aliphatic carbocycles. The predicted octanol–water partition coefficient (Wildman–Crippen LogP) is 11.9. The molecule has 0 unspecified atom stereocenters. The lowest BCUT2D eigenvalue weighted by Crippen LogP contribution is -2.00. The van der Waals surface area contributed by atoms with Crippen LogP contribution in [-0.2, 0) is 0 Å². The molecule has 10 aromatic rings. The average Bonchev–Trinajstić information content (AvgIpc) is 3.78. The number of hydrogen-bond donors (Lipinski definition) is 0. The van der Waals surface area contributed by atoms with E-state index in [9.17, 15) is 0 Å². The summed E-state index contributed by atoms with van der Waals surface area (Å²) in [6, 6.07) is 54.1. The van der Waals surface area contributed by atoms with Gasteiger partial charge < -0.3 is 4.42 Å². The summed E-state index contributed by atoms with van der Waals surface area (Å²) in [5.41, 5.74) is 7.73. The van der Waals surface area contributed by atoms with E-state index in [0.717, 1.165) is 55.3 Å². The Morgan fingerprint density at radius 1 is 0.420 bits per heavy atom. The van der Waals surface area contributed by atoms with E-state index in [-0.39, 0.29) is 0 Å². The third-order valence-corrected chi connectivity index (χ3v) is 10.3. The maximum absolute atomic E-state index is 6.28. The van der Waals surface area contributed by atoms with E-state index >= 15 is 0 Å². The number of oxazole rings is 1. The van der Waals surface area contributed by atoms with Crippen LogP contribution < -0.4 is 0 Å². The maximum Gasteiger partial charge on any atom is 0.227 e. The summed E-state index contributed by atoms with van der Waals surface area (Å²) in [6.07, 6.45) is 0. The molecular weight excluding hydrogens is 633 g/mol. The van der Waals surface area contributed by atoms with Crippen LogP contribution in [0.25, 0.3) is 98.8 Å². The lowest BCUT2D eigenvalue weighted by Gasteiger charge is -2.13. The van der Waals surface area contributed by atoms with Crippen LogP contribution >= 0.6 is 11.3 Å². The van der Waals surface area contributed by atoms with Crippen molar-refractivity contribution in [1.82, 2.24) is 19.9 Å². The molecule has 10 rings (SSSR count). The molecule has 0 fully saturated rings. The van der Waals surface area contributed by atoms with E-state index < -0.39 is 0 Å². The van der Waals surface area contributed by atoms with Crippen molar-refractivity contribution in [1.29, 1.82) is 0 Å². The number of aromatic nitrogens is 4. The van der Waals surface area contributed by atoms with E-state index in [1.54, 1.807) is 11.3 Å². The van der Waals surface area contributed by atoms with Crippen molar-refractivity contribution in [2.75, 3.05) is 0 Å². The second-order valence-electron chi connectivity index (χ2n) is 12.3. The van der Waals surface area contributed by atoms with Gasteiger partial charge in [-0.3, -0.25) is 0 Å². The van der Waals surface area contributed by atoms with Crippen molar-refractivity contribution in [2.24, 2.45) is 0 Å². The number of benzene rings is 7. The predicted molar refractivity (Wildman–Crippen MR) is 205 cm³/mol. The Morgan fingerprint density at radius 2 is 1.02 bits per heavy atom. The lowest BCUT2D eigenvalue weighted by molar-refractivity contribution is 0.620. The van der Waals surface area contributed by atoms with Crippen LogP contribution in [0.15, 0.2) is 162 Å². The molecule has 234 valence electrons. The van der Waals surface area contributed by atoms with Gasteiger partial charge in [-0.1, -0.05) is 121 Å². The standard InChI is InChI=1S/C44H26N4OS/c1-4-13-27(14-5-1)41-46-42(28-15-6-2-7-16-28)48-43(47-41)31-23-30-19-10-11-20-32(30)35(24-31)33-21-12-22-34-36-25-38-37(26-39(36)50-40(33)34)45-44(49-38)29-17-8-3-9-18-29/h1-26H. The molecule has 50 heavy (non-hydrogen) atoms. The van der Waals surface area contributed by atoms with Gasteiger partial charge in [-0.15, -0.1) is 11.3 Å². The molecule has 0 N–H and O–H groups in total. The Hall–Kier alpha value is -6.50. The van der Waals surface area contributed by atoms with Crippen molar-refractivity contribution < 1.29 is 4.42 Å². The number of thiophene rings is 1. The Balaban J connectivity index is 1.17. The van der Waals surface area contributed by atoms with Crippen LogP contribution in [0.2, 0.25) is 0 Å². The number of rotatable bonds is 5. The molecule has 7 aromatic carbocycles. The molecule has 5 nitrogen and oxygen atoms in total. The molecule has 0 aliphatic heterocycles. The largest absolute Gasteiger partial charge is 0.436 e. The molecule has 3 heterocycles. The van der Waals surface area contributed by atoms with Gasteiger partial charge in [0.1, 0.15) is 5.52 Å². The van der Waals surface area contributed by atoms with Crippen LogP contribution in [0, 0.1) is 0 Å². The first-order valence-electron chi connectivity index (χ1n) is 16.5. The summed E-state index contributed by atoms with van der Waals surface area (Å²) in [6.45, 7) is 0. The highest BCUT2D eigenvalue weighted by atomic mass is 32.1. The molecule has 0 saturated heterocycles. The van der Waals surface area contributed by atoms with Crippen molar-refractivity contribution in [2.45, 2.75) is 0 Å². The Bertz CT molecular complexity index is 2810. The van der Waals surface area contributed by atoms with Crippen molar-refractivity contribution in [3.63, 3.8) is 0 Å². The van der Waals surface area contributed by atoms with Gasteiger partial charge in [0.15, 0.2) is 23.1 Å². The minimum Gasteiger partial charge on any atom is -0.436 e. The van der Waals surface area contributed by atoms with Gasteiger partial charge in [-0.05, 0) is 52.7 Å². The van der Waals surface area contributed by atoms with E-state index in [2.05, 4.69) is 66.7 Å². The molecule has 0 bridgehead atoms. The molecule has 3 aromatic heterocycles. The highest BCUT2D eigenvalue weighted by Crippen LogP contribution is 2.44. The van der Waals surface area contributed by atoms with E-state index in [0.29, 0.717) is 23.4 Å². The third-order valence-electron chi connectivity index (χ3n) is 9.14. The Morgan fingerprint density at radius 3 is 1.72 bits per heavy atom. The normalized spacial score (nSPS) is 11.6. The summed E-state index contributed by atoms with van der Waals surface area (Å²) in [5.74, 6) is 2.55. The van der Waals surface area contributed by atoms with Crippen molar-refractivity contribution >= 4 is 53.4 Å². The first-order chi connectivity index (χ1) is 24.7. The lowest BCUT2D eigenvalue weighted by atomic mass is 9.94. The smallest absolute Gasteiger partial charge is 0.227 e. The number of fused-ring (bicyclic) bond motifs is 5. The van der Waals surface area contributed by atoms with Gasteiger partial charge in [-0.25, -0.2) is 19.9 Å². The van der Waals surface area contributed by atoms with Gasteiger partial charge >= 0.3 is 0 Å². The first kappa shape index (κ1) is 28.5. The highest BCUT2D eigenvalue weighted by molar-refractivity contribution is 7.26. The molecular formula is C44H26N4OS. The molecule has 0 amide bonds. The zero-order chi connectivity index (χ0) is 33.0. The van der Waals surface area contributed by atoms with E-state index in [4.69, 9.17) is 24.4 Å². The van der Waals surface area contributed by atoms with Gasteiger partial charge in [-0.2, -0.15) is 0 Å². The van der Waals surface area contributed by atoms with Crippen LogP contribution in [0.3, 0.4) is 0 Å². The SMILES string of the molecule is c1ccc(-c2nc(-c3ccccc3)nc(-c3cc(-c4cccc5c4sc4cc6nc(-c7ccccc7)oc6cc45)c4ccccc4c3)n2)cc1. The quantitative estimate of drug-likeness (QED) is 0.184. The minimum absolute atomic E-state index is 0.633. The zero-order valence-electron chi connectivity index (χ0n) is 26.6. The fourth-order valence-electron chi connectivity index (χ4n) is 6.74. The summed E-state index contributed by atoms with van der Waals surface area (Å²) in [7, 11) is 0.